The average molecular weight is 293 g/mol. The molecule has 0 aliphatic carbocycles. The molecule has 22 heavy (non-hydrogen) atoms. The van der Waals surface area contributed by atoms with Crippen molar-refractivity contribution in [2.24, 2.45) is 5.73 Å². The lowest BCUT2D eigenvalue weighted by molar-refractivity contribution is -0.116. The second-order valence-electron chi connectivity index (χ2n) is 5.25. The molecular formula is C16H15N5O. The molecule has 0 saturated heterocycles. The molecule has 2 N–H and O–H groups in total. The Bertz CT molecular complexity index is 935. The molecule has 2 aromatic heterocycles. The van der Waals surface area contributed by atoms with Crippen molar-refractivity contribution in [3.05, 3.63) is 41.5 Å². The lowest BCUT2D eigenvalue weighted by atomic mass is 10.1. The largest absolute Gasteiger partial charge is 0.368 e. The maximum Gasteiger partial charge on any atom is 0.236 e. The molecule has 0 aliphatic heterocycles. The van der Waals surface area contributed by atoms with Gasteiger partial charge in [0.25, 0.3) is 0 Å². The summed E-state index contributed by atoms with van der Waals surface area (Å²) in [6.07, 6.45) is 0. The molecule has 1 aromatic carbocycles. The number of nitrogens with two attached hydrogens (primary N) is 1. The molecule has 2 heterocycles. The number of hydrogen-bond acceptors (Lipinski definition) is 4. The number of fused-ring (bicyclic) bond motifs is 3. The topological polar surface area (TPSA) is 87.4 Å². The van der Waals surface area contributed by atoms with Crippen molar-refractivity contribution in [3.63, 3.8) is 0 Å². The van der Waals surface area contributed by atoms with Gasteiger partial charge in [0.1, 0.15) is 11.9 Å². The van der Waals surface area contributed by atoms with Gasteiger partial charge in [-0.1, -0.05) is 12.1 Å². The van der Waals surface area contributed by atoms with E-state index in [4.69, 9.17) is 5.73 Å². The second kappa shape index (κ2) is 5.04. The van der Waals surface area contributed by atoms with Crippen LogP contribution in [0.15, 0.2) is 30.3 Å². The Hall–Kier alpha value is -3.07. The minimum atomic E-state index is -0.415. The lowest BCUT2D eigenvalue weighted by Crippen LogP contribution is -2.31. The van der Waals surface area contributed by atoms with Crippen LogP contribution in [0.4, 0.5) is 5.82 Å². The van der Waals surface area contributed by atoms with Crippen LogP contribution in [-0.2, 0) is 4.79 Å². The molecule has 0 fully saturated rings. The van der Waals surface area contributed by atoms with Crippen LogP contribution in [0.3, 0.4) is 0 Å². The maximum atomic E-state index is 11.2. The van der Waals surface area contributed by atoms with Crippen molar-refractivity contribution >= 4 is 28.4 Å². The van der Waals surface area contributed by atoms with Crippen LogP contribution in [-0.4, -0.2) is 28.9 Å². The smallest absolute Gasteiger partial charge is 0.236 e. The fraction of sp³-hybridized carbons (Fsp3) is 0.188. The summed E-state index contributed by atoms with van der Waals surface area (Å²) in [6, 6.07) is 11.7. The van der Waals surface area contributed by atoms with Gasteiger partial charge in [0.2, 0.25) is 5.91 Å². The highest BCUT2D eigenvalue weighted by atomic mass is 16.1. The number of carbonyl (C=O) groups is 1. The zero-order valence-electron chi connectivity index (χ0n) is 12.4. The quantitative estimate of drug-likeness (QED) is 0.794. The Morgan fingerprint density at radius 1 is 1.45 bits per heavy atom. The first-order valence-electron chi connectivity index (χ1n) is 6.83. The number of hydrogen-bond donors (Lipinski definition) is 1. The van der Waals surface area contributed by atoms with Gasteiger partial charge in [-0.15, -0.1) is 0 Å². The summed E-state index contributed by atoms with van der Waals surface area (Å²) in [7, 11) is 1.79. The van der Waals surface area contributed by atoms with Crippen LogP contribution >= 0.6 is 0 Å². The van der Waals surface area contributed by atoms with Crippen LogP contribution in [0.5, 0.6) is 0 Å². The number of primary amides is 1. The van der Waals surface area contributed by atoms with Gasteiger partial charge in [0, 0.05) is 7.05 Å². The van der Waals surface area contributed by atoms with Crippen molar-refractivity contribution in [2.45, 2.75) is 6.92 Å². The molecule has 3 aromatic rings. The van der Waals surface area contributed by atoms with Crippen LogP contribution in [0.1, 0.15) is 11.1 Å². The standard InChI is InChI=1S/C16H15N5O/c1-10-7-15(20(2)9-14(18)22)21-13-6-4-3-5-12(13)19-16(21)11(10)8-17/h3-7H,9H2,1-2H3,(H2,18,22). The highest BCUT2D eigenvalue weighted by Gasteiger charge is 2.17. The molecular weight excluding hydrogens is 278 g/mol. The number of nitriles is 1. The van der Waals surface area contributed by atoms with Crippen molar-refractivity contribution in [1.29, 1.82) is 5.26 Å². The first kappa shape index (κ1) is 13.9. The van der Waals surface area contributed by atoms with E-state index in [9.17, 15) is 10.1 Å². The molecule has 6 heteroatoms. The maximum absolute atomic E-state index is 11.2. The van der Waals surface area contributed by atoms with E-state index in [1.165, 1.54) is 0 Å². The third kappa shape index (κ3) is 2.04. The van der Waals surface area contributed by atoms with Crippen LogP contribution in [0.25, 0.3) is 16.7 Å². The highest BCUT2D eigenvalue weighted by molar-refractivity contribution is 5.86. The summed E-state index contributed by atoms with van der Waals surface area (Å²) < 4.78 is 1.89. The number of para-hydroxylation sites is 2. The van der Waals surface area contributed by atoms with Gasteiger partial charge in [-0.2, -0.15) is 5.26 Å². The molecule has 0 atom stereocenters. The van der Waals surface area contributed by atoms with Crippen molar-refractivity contribution < 1.29 is 4.79 Å². The number of imidazole rings is 1. The first-order chi connectivity index (χ1) is 10.5. The summed E-state index contributed by atoms with van der Waals surface area (Å²) in [6.45, 7) is 1.95. The van der Waals surface area contributed by atoms with Gasteiger partial charge in [-0.3, -0.25) is 9.20 Å². The molecule has 0 radical (unpaired) electrons. The van der Waals surface area contributed by atoms with Crippen molar-refractivity contribution in [2.75, 3.05) is 18.5 Å². The van der Waals surface area contributed by atoms with E-state index in [1.54, 1.807) is 11.9 Å². The number of anilines is 1. The Balaban J connectivity index is 2.41. The third-order valence-corrected chi connectivity index (χ3v) is 3.65. The monoisotopic (exact) mass is 293 g/mol. The number of nitrogens with zero attached hydrogens (tertiary/aromatic N) is 4. The van der Waals surface area contributed by atoms with Crippen LogP contribution in [0.2, 0.25) is 0 Å². The van der Waals surface area contributed by atoms with E-state index in [-0.39, 0.29) is 6.54 Å². The number of aryl methyl sites for hydroxylation is 1. The van der Waals surface area contributed by atoms with Gasteiger partial charge in [0.15, 0.2) is 5.65 Å². The summed E-state index contributed by atoms with van der Waals surface area (Å²) in [5.41, 5.74) is 8.94. The van der Waals surface area contributed by atoms with Crippen LogP contribution < -0.4 is 10.6 Å². The number of pyridine rings is 1. The molecule has 110 valence electrons. The minimum Gasteiger partial charge on any atom is -0.368 e. The Morgan fingerprint density at radius 2 is 2.18 bits per heavy atom. The van der Waals surface area contributed by atoms with Gasteiger partial charge in [-0.05, 0) is 30.7 Å². The van der Waals surface area contributed by atoms with Gasteiger partial charge in [0.05, 0.1) is 23.1 Å². The van der Waals surface area contributed by atoms with Gasteiger partial charge < -0.3 is 10.6 Å². The fourth-order valence-electron chi connectivity index (χ4n) is 2.67. The highest BCUT2D eigenvalue weighted by Crippen LogP contribution is 2.27. The van der Waals surface area contributed by atoms with E-state index < -0.39 is 5.91 Å². The minimum absolute atomic E-state index is 0.0902. The third-order valence-electron chi connectivity index (χ3n) is 3.65. The Kier molecular flexibility index (Phi) is 3.18. The van der Waals surface area contributed by atoms with Crippen molar-refractivity contribution in [1.82, 2.24) is 9.38 Å². The normalized spacial score (nSPS) is 10.8. The van der Waals surface area contributed by atoms with E-state index in [0.29, 0.717) is 11.2 Å². The summed E-state index contributed by atoms with van der Waals surface area (Å²) in [4.78, 5) is 17.6. The molecule has 1 amide bonds. The fourth-order valence-corrected chi connectivity index (χ4v) is 2.67. The van der Waals surface area contributed by atoms with Crippen molar-refractivity contribution in [3.8, 4) is 6.07 Å². The lowest BCUT2D eigenvalue weighted by Gasteiger charge is -2.20. The predicted molar refractivity (Wildman–Crippen MR) is 84.6 cm³/mol. The van der Waals surface area contributed by atoms with E-state index in [2.05, 4.69) is 11.1 Å². The Labute approximate surface area is 127 Å². The van der Waals surface area contributed by atoms with E-state index in [0.717, 1.165) is 22.4 Å². The molecule has 0 bridgehead atoms. The van der Waals surface area contributed by atoms with Gasteiger partial charge in [-0.25, -0.2) is 4.98 Å². The SMILES string of the molecule is Cc1cc(N(C)CC(N)=O)n2c(nc3ccccc32)c1C#N. The summed E-state index contributed by atoms with van der Waals surface area (Å²) in [5, 5.41) is 9.43. The summed E-state index contributed by atoms with van der Waals surface area (Å²) >= 11 is 0. The second-order valence-corrected chi connectivity index (χ2v) is 5.25. The average Bonchev–Trinajstić information content (AvgIpc) is 2.84. The molecule has 0 saturated carbocycles. The molecule has 6 nitrogen and oxygen atoms in total. The number of aromatic nitrogens is 2. The molecule has 0 unspecified atom stereocenters. The number of benzene rings is 1. The number of carbonyl (C=O) groups excluding carboxylic acids is 1. The van der Waals surface area contributed by atoms with E-state index >= 15 is 0 Å². The van der Waals surface area contributed by atoms with Crippen LogP contribution in [0, 0.1) is 18.3 Å². The summed E-state index contributed by atoms with van der Waals surface area (Å²) in [5.74, 6) is 0.362. The zero-order chi connectivity index (χ0) is 15.9. The molecule has 0 aliphatic rings. The Morgan fingerprint density at radius 3 is 2.86 bits per heavy atom. The predicted octanol–water partition coefficient (Wildman–Crippen LogP) is 1.59. The number of likely N-dealkylation sites (N-methyl/N-ethyl adjacent to an activating group) is 1. The molecule has 0 spiro atoms. The zero-order valence-corrected chi connectivity index (χ0v) is 12.4. The van der Waals surface area contributed by atoms with E-state index in [1.807, 2.05) is 41.7 Å². The number of rotatable bonds is 3. The first-order valence-corrected chi connectivity index (χ1v) is 6.83. The molecule has 3 rings (SSSR count). The van der Waals surface area contributed by atoms with Gasteiger partial charge >= 0.3 is 0 Å². The number of amides is 1.